The third kappa shape index (κ3) is 4.69. The lowest BCUT2D eigenvalue weighted by molar-refractivity contribution is 0.643. The Morgan fingerprint density at radius 2 is 2.47 bits per heavy atom. The van der Waals surface area contributed by atoms with Crippen molar-refractivity contribution in [3.8, 4) is 6.07 Å². The van der Waals surface area contributed by atoms with Gasteiger partial charge in [-0.15, -0.1) is 0 Å². The van der Waals surface area contributed by atoms with Gasteiger partial charge in [0.05, 0.1) is 6.07 Å². The molecule has 0 amide bonds. The quantitative estimate of drug-likeness (QED) is 0.583. The molecule has 1 saturated carbocycles. The summed E-state index contributed by atoms with van der Waals surface area (Å²) < 4.78 is 0. The van der Waals surface area contributed by atoms with Crippen molar-refractivity contribution in [2.45, 2.75) is 49.8 Å². The summed E-state index contributed by atoms with van der Waals surface area (Å²) in [6, 6.07) is 4.11. The molecule has 0 spiro atoms. The molecule has 1 fully saturated rings. The molecular weight excluding hydrogens is 260 g/mol. The van der Waals surface area contributed by atoms with Gasteiger partial charge in [-0.2, -0.15) is 5.26 Å². The van der Waals surface area contributed by atoms with E-state index >= 15 is 0 Å². The number of hydrogen-bond acceptors (Lipinski definition) is 5. The number of nitrogens with one attached hydrogen (secondary N) is 2. The lowest BCUT2D eigenvalue weighted by Crippen LogP contribution is -2.31. The molecule has 6 heteroatoms. The molecule has 1 aliphatic rings. The van der Waals surface area contributed by atoms with Gasteiger partial charge in [0.25, 0.3) is 5.56 Å². The first-order valence-electron chi connectivity index (χ1n) is 6.60. The third-order valence-corrected chi connectivity index (χ3v) is 3.80. The van der Waals surface area contributed by atoms with Crippen LogP contribution in [0.1, 0.15) is 31.9 Å². The second-order valence-corrected chi connectivity index (χ2v) is 5.73. The molecule has 1 aromatic heterocycles. The molecule has 19 heavy (non-hydrogen) atoms. The van der Waals surface area contributed by atoms with E-state index in [0.717, 1.165) is 31.4 Å². The van der Waals surface area contributed by atoms with Crippen molar-refractivity contribution in [2.24, 2.45) is 0 Å². The Labute approximate surface area is 116 Å². The smallest absolute Gasteiger partial charge is 0.251 e. The van der Waals surface area contributed by atoms with Crippen molar-refractivity contribution in [1.82, 2.24) is 15.3 Å². The van der Waals surface area contributed by atoms with Gasteiger partial charge < -0.3 is 4.98 Å². The van der Waals surface area contributed by atoms with Gasteiger partial charge in [0.15, 0.2) is 5.16 Å². The zero-order chi connectivity index (χ0) is 13.7. The highest BCUT2D eigenvalue weighted by Crippen LogP contribution is 2.21. The predicted octanol–water partition coefficient (Wildman–Crippen LogP) is 1.46. The van der Waals surface area contributed by atoms with E-state index in [9.17, 15) is 4.79 Å². The van der Waals surface area contributed by atoms with Crippen molar-refractivity contribution in [2.75, 3.05) is 5.75 Å². The summed E-state index contributed by atoms with van der Waals surface area (Å²) in [4.78, 5) is 18.6. The van der Waals surface area contributed by atoms with Crippen LogP contribution in [0, 0.1) is 11.3 Å². The van der Waals surface area contributed by atoms with Crippen LogP contribution in [-0.2, 0) is 6.42 Å². The van der Waals surface area contributed by atoms with Gasteiger partial charge in [-0.05, 0) is 19.3 Å². The lowest BCUT2D eigenvalue weighted by Gasteiger charge is -2.09. The molecule has 1 aliphatic carbocycles. The van der Waals surface area contributed by atoms with Gasteiger partial charge in [-0.1, -0.05) is 25.1 Å². The van der Waals surface area contributed by atoms with Crippen LogP contribution in [0.2, 0.25) is 0 Å². The number of aromatic amines is 1. The van der Waals surface area contributed by atoms with Gasteiger partial charge in [-0.25, -0.2) is 4.98 Å². The maximum Gasteiger partial charge on any atom is 0.251 e. The largest absolute Gasteiger partial charge is 0.301 e. The van der Waals surface area contributed by atoms with Crippen molar-refractivity contribution < 1.29 is 0 Å². The summed E-state index contributed by atoms with van der Waals surface area (Å²) >= 11 is 1.43. The molecule has 102 valence electrons. The van der Waals surface area contributed by atoms with Crippen LogP contribution in [-0.4, -0.2) is 27.8 Å². The molecular formula is C13H18N4OS. The average Bonchev–Trinajstić information content (AvgIpc) is 3.18. The van der Waals surface area contributed by atoms with Gasteiger partial charge in [0, 0.05) is 23.6 Å². The summed E-state index contributed by atoms with van der Waals surface area (Å²) in [5.41, 5.74) is 0.696. The fourth-order valence-corrected chi connectivity index (χ4v) is 2.61. The minimum absolute atomic E-state index is 0.121. The topological polar surface area (TPSA) is 81.6 Å². The summed E-state index contributed by atoms with van der Waals surface area (Å²) in [5.74, 6) is 0.603. The normalized spacial score (nSPS) is 16.0. The molecule has 0 aromatic carbocycles. The Balaban J connectivity index is 1.93. The molecule has 2 rings (SSSR count). The summed E-state index contributed by atoms with van der Waals surface area (Å²) in [5, 5.41) is 12.9. The van der Waals surface area contributed by atoms with Crippen LogP contribution in [0.5, 0.6) is 0 Å². The maximum atomic E-state index is 11.5. The first kappa shape index (κ1) is 14.1. The van der Waals surface area contributed by atoms with Gasteiger partial charge >= 0.3 is 0 Å². The van der Waals surface area contributed by atoms with Crippen molar-refractivity contribution >= 4 is 11.8 Å². The molecule has 5 nitrogen and oxygen atoms in total. The van der Waals surface area contributed by atoms with Crippen molar-refractivity contribution in [1.29, 1.82) is 5.26 Å². The van der Waals surface area contributed by atoms with E-state index in [-0.39, 0.29) is 11.6 Å². The summed E-state index contributed by atoms with van der Waals surface area (Å²) in [7, 11) is 0. The SMILES string of the molecule is CCCc1cc(=O)[nH]c(SCC(C#N)NC2CC2)n1. The summed E-state index contributed by atoms with van der Waals surface area (Å²) in [6.07, 6.45) is 4.08. The number of hydrogen-bond donors (Lipinski definition) is 2. The van der Waals surface area contributed by atoms with Crippen LogP contribution in [0.4, 0.5) is 0 Å². The van der Waals surface area contributed by atoms with Crippen LogP contribution in [0.3, 0.4) is 0 Å². The number of aromatic nitrogens is 2. The number of nitrogens with zero attached hydrogens (tertiary/aromatic N) is 2. The maximum absolute atomic E-state index is 11.5. The van der Waals surface area contributed by atoms with Gasteiger partial charge in [-0.3, -0.25) is 10.1 Å². The third-order valence-electron chi connectivity index (χ3n) is 2.84. The lowest BCUT2D eigenvalue weighted by atomic mass is 10.2. The first-order valence-corrected chi connectivity index (χ1v) is 7.58. The Hall–Kier alpha value is -1.32. The minimum Gasteiger partial charge on any atom is -0.301 e. The zero-order valence-electron chi connectivity index (χ0n) is 11.0. The van der Waals surface area contributed by atoms with E-state index in [1.54, 1.807) is 0 Å². The molecule has 0 saturated heterocycles. The van der Waals surface area contributed by atoms with Crippen LogP contribution >= 0.6 is 11.8 Å². The second-order valence-electron chi connectivity index (χ2n) is 4.73. The average molecular weight is 278 g/mol. The zero-order valence-corrected chi connectivity index (χ0v) is 11.8. The Morgan fingerprint density at radius 1 is 1.68 bits per heavy atom. The number of aryl methyl sites for hydroxylation is 1. The Kier molecular flexibility index (Phi) is 5.00. The van der Waals surface area contributed by atoms with E-state index in [4.69, 9.17) is 5.26 Å². The predicted molar refractivity (Wildman–Crippen MR) is 75.1 cm³/mol. The Morgan fingerprint density at radius 3 is 3.11 bits per heavy atom. The number of rotatable bonds is 7. The van der Waals surface area contributed by atoms with E-state index in [0.29, 0.717) is 17.0 Å². The minimum atomic E-state index is -0.183. The fourth-order valence-electron chi connectivity index (χ4n) is 1.76. The van der Waals surface area contributed by atoms with Crippen molar-refractivity contribution in [3.05, 3.63) is 22.1 Å². The van der Waals surface area contributed by atoms with E-state index in [2.05, 4.69) is 28.3 Å². The van der Waals surface area contributed by atoms with E-state index < -0.39 is 0 Å². The molecule has 0 bridgehead atoms. The molecule has 0 radical (unpaired) electrons. The van der Waals surface area contributed by atoms with E-state index in [1.807, 2.05) is 0 Å². The van der Waals surface area contributed by atoms with Crippen LogP contribution in [0.25, 0.3) is 0 Å². The number of thioether (sulfide) groups is 1. The molecule has 1 heterocycles. The molecule has 1 aromatic rings. The van der Waals surface area contributed by atoms with E-state index in [1.165, 1.54) is 17.8 Å². The number of nitriles is 1. The van der Waals surface area contributed by atoms with Gasteiger partial charge in [0.2, 0.25) is 0 Å². The van der Waals surface area contributed by atoms with Gasteiger partial charge in [0.1, 0.15) is 6.04 Å². The first-order chi connectivity index (χ1) is 9.21. The molecule has 0 aliphatic heterocycles. The molecule has 2 N–H and O–H groups in total. The Bertz CT molecular complexity index is 518. The summed E-state index contributed by atoms with van der Waals surface area (Å²) in [6.45, 7) is 2.06. The van der Waals surface area contributed by atoms with Crippen molar-refractivity contribution in [3.63, 3.8) is 0 Å². The highest BCUT2D eigenvalue weighted by molar-refractivity contribution is 7.99. The molecule has 1 atom stereocenters. The number of H-pyrrole nitrogens is 1. The second kappa shape index (κ2) is 6.73. The molecule has 1 unspecified atom stereocenters. The highest BCUT2D eigenvalue weighted by Gasteiger charge is 2.24. The highest BCUT2D eigenvalue weighted by atomic mass is 32.2. The van der Waals surface area contributed by atoms with Crippen LogP contribution in [0.15, 0.2) is 16.0 Å². The monoisotopic (exact) mass is 278 g/mol. The fraction of sp³-hybridized carbons (Fsp3) is 0.615. The van der Waals surface area contributed by atoms with Crippen LogP contribution < -0.4 is 10.9 Å². The standard InChI is InChI=1S/C13H18N4OS/c1-2-3-10-6-12(18)17-13(16-10)19-8-11(7-14)15-9-4-5-9/h6,9,11,15H,2-5,8H2,1H3,(H,16,17,18).